The lowest BCUT2D eigenvalue weighted by Gasteiger charge is -2.28. The quantitative estimate of drug-likeness (QED) is 0.913. The third-order valence-electron chi connectivity index (χ3n) is 3.21. The van der Waals surface area contributed by atoms with E-state index in [0.717, 1.165) is 10.6 Å². The number of rotatable bonds is 5. The molecular formula is C16H17FN2O3S. The first kappa shape index (κ1) is 17.0. The molecule has 0 radical (unpaired) electrons. The van der Waals surface area contributed by atoms with Crippen molar-refractivity contribution in [3.05, 3.63) is 60.4 Å². The zero-order valence-electron chi connectivity index (χ0n) is 12.7. The van der Waals surface area contributed by atoms with Gasteiger partial charge in [-0.05, 0) is 43.3 Å². The number of sulfonamides is 1. The zero-order valence-corrected chi connectivity index (χ0v) is 13.5. The second-order valence-electron chi connectivity index (χ2n) is 5.07. The molecule has 0 bridgehead atoms. The number of halogens is 1. The van der Waals surface area contributed by atoms with Crippen molar-refractivity contribution in [2.24, 2.45) is 0 Å². The van der Waals surface area contributed by atoms with Crippen molar-refractivity contribution in [1.82, 2.24) is 0 Å². The Labute approximate surface area is 134 Å². The van der Waals surface area contributed by atoms with Crippen LogP contribution >= 0.6 is 0 Å². The highest BCUT2D eigenvalue weighted by Crippen LogP contribution is 2.21. The van der Waals surface area contributed by atoms with E-state index >= 15 is 0 Å². The first-order valence-corrected chi connectivity index (χ1v) is 8.75. The van der Waals surface area contributed by atoms with Gasteiger partial charge in [-0.15, -0.1) is 0 Å². The highest BCUT2D eigenvalue weighted by atomic mass is 32.2. The number of anilines is 2. The number of amides is 1. The van der Waals surface area contributed by atoms with Crippen LogP contribution in [0.25, 0.3) is 0 Å². The number of hydrogen-bond acceptors (Lipinski definition) is 3. The third-order valence-corrected chi connectivity index (χ3v) is 4.45. The Bertz CT molecular complexity index is 777. The first-order valence-electron chi connectivity index (χ1n) is 6.90. The van der Waals surface area contributed by atoms with Crippen LogP contribution in [0, 0.1) is 5.82 Å². The molecule has 0 aliphatic carbocycles. The Balaban J connectivity index is 2.25. The summed E-state index contributed by atoms with van der Waals surface area (Å²) in [6.45, 7) is 1.49. The highest BCUT2D eigenvalue weighted by molar-refractivity contribution is 7.92. The monoisotopic (exact) mass is 336 g/mol. The van der Waals surface area contributed by atoms with Gasteiger partial charge >= 0.3 is 0 Å². The fourth-order valence-corrected chi connectivity index (χ4v) is 3.34. The van der Waals surface area contributed by atoms with Gasteiger partial charge in [0, 0.05) is 5.69 Å². The molecule has 5 nitrogen and oxygen atoms in total. The average molecular weight is 336 g/mol. The van der Waals surface area contributed by atoms with E-state index in [-0.39, 0.29) is 0 Å². The van der Waals surface area contributed by atoms with Gasteiger partial charge in [-0.3, -0.25) is 9.10 Å². The van der Waals surface area contributed by atoms with Gasteiger partial charge in [-0.25, -0.2) is 12.8 Å². The van der Waals surface area contributed by atoms with Crippen LogP contribution in [0.15, 0.2) is 54.6 Å². The van der Waals surface area contributed by atoms with Crippen LogP contribution < -0.4 is 9.62 Å². The largest absolute Gasteiger partial charge is 0.324 e. The van der Waals surface area contributed by atoms with Gasteiger partial charge in [0.2, 0.25) is 15.9 Å². The molecule has 2 rings (SSSR count). The summed E-state index contributed by atoms with van der Waals surface area (Å²) in [5, 5.41) is 2.58. The summed E-state index contributed by atoms with van der Waals surface area (Å²) < 4.78 is 38.1. The molecule has 122 valence electrons. The Morgan fingerprint density at radius 1 is 1.09 bits per heavy atom. The summed E-state index contributed by atoms with van der Waals surface area (Å²) in [6.07, 6.45) is 1.04. The topological polar surface area (TPSA) is 66.5 Å². The van der Waals surface area contributed by atoms with Crippen LogP contribution in [0.3, 0.4) is 0 Å². The lowest BCUT2D eigenvalue weighted by atomic mass is 10.2. The standard InChI is InChI=1S/C16H17FN2O3S/c1-12(16(20)18-14-10-8-13(17)9-11-14)19(23(2,21)22)15-6-4-3-5-7-15/h3-12H,1-2H3,(H,18,20). The Morgan fingerprint density at radius 2 is 1.65 bits per heavy atom. The van der Waals surface area contributed by atoms with Crippen molar-refractivity contribution < 1.29 is 17.6 Å². The minimum absolute atomic E-state index is 0.393. The maximum Gasteiger partial charge on any atom is 0.247 e. The number of nitrogens with zero attached hydrogens (tertiary/aromatic N) is 1. The molecule has 1 atom stereocenters. The third kappa shape index (κ3) is 4.29. The Morgan fingerprint density at radius 3 is 2.17 bits per heavy atom. The molecule has 0 heterocycles. The molecule has 1 unspecified atom stereocenters. The highest BCUT2D eigenvalue weighted by Gasteiger charge is 2.28. The molecule has 7 heteroatoms. The van der Waals surface area contributed by atoms with E-state index in [9.17, 15) is 17.6 Å². The number of carbonyl (C=O) groups is 1. The van der Waals surface area contributed by atoms with E-state index in [1.165, 1.54) is 31.2 Å². The fourth-order valence-electron chi connectivity index (χ4n) is 2.16. The second-order valence-corrected chi connectivity index (χ2v) is 6.93. The van der Waals surface area contributed by atoms with E-state index in [0.29, 0.717) is 11.4 Å². The number of para-hydroxylation sites is 1. The van der Waals surface area contributed by atoms with Crippen LogP contribution in [0.1, 0.15) is 6.92 Å². The fraction of sp³-hybridized carbons (Fsp3) is 0.188. The van der Waals surface area contributed by atoms with Crippen molar-refractivity contribution in [2.45, 2.75) is 13.0 Å². The normalized spacial score (nSPS) is 12.5. The van der Waals surface area contributed by atoms with E-state index in [1.807, 2.05) is 0 Å². The molecule has 2 aromatic rings. The number of benzene rings is 2. The van der Waals surface area contributed by atoms with Gasteiger partial charge in [0.25, 0.3) is 0 Å². The second kappa shape index (κ2) is 6.78. The number of carbonyl (C=O) groups excluding carboxylic acids is 1. The predicted octanol–water partition coefficient (Wildman–Crippen LogP) is 2.62. The number of hydrogen-bond donors (Lipinski definition) is 1. The molecule has 2 aromatic carbocycles. The molecule has 0 aromatic heterocycles. The molecule has 0 spiro atoms. The summed E-state index contributed by atoms with van der Waals surface area (Å²) in [6, 6.07) is 12.7. The predicted molar refractivity (Wildman–Crippen MR) is 88.3 cm³/mol. The minimum Gasteiger partial charge on any atom is -0.324 e. The Kier molecular flexibility index (Phi) is 5.00. The van der Waals surface area contributed by atoms with Gasteiger partial charge in [0.15, 0.2) is 0 Å². The average Bonchev–Trinajstić information content (AvgIpc) is 2.49. The molecule has 0 aliphatic heterocycles. The summed E-state index contributed by atoms with van der Waals surface area (Å²) in [5.41, 5.74) is 0.793. The summed E-state index contributed by atoms with van der Waals surface area (Å²) in [7, 11) is -3.65. The van der Waals surface area contributed by atoms with Gasteiger partial charge in [0.1, 0.15) is 11.9 Å². The van der Waals surface area contributed by atoms with Gasteiger partial charge in [0.05, 0.1) is 11.9 Å². The maximum atomic E-state index is 12.9. The zero-order chi connectivity index (χ0) is 17.0. The van der Waals surface area contributed by atoms with Crippen LogP contribution in [0.2, 0.25) is 0 Å². The van der Waals surface area contributed by atoms with Crippen LogP contribution in [-0.2, 0) is 14.8 Å². The van der Waals surface area contributed by atoms with Crippen molar-refractivity contribution >= 4 is 27.3 Å². The minimum atomic E-state index is -3.65. The summed E-state index contributed by atoms with van der Waals surface area (Å²) in [5.74, 6) is -0.927. The van der Waals surface area contributed by atoms with Crippen LogP contribution in [-0.4, -0.2) is 26.6 Å². The molecule has 0 saturated heterocycles. The maximum absolute atomic E-state index is 12.9. The SMILES string of the molecule is CC(C(=O)Nc1ccc(F)cc1)N(c1ccccc1)S(C)(=O)=O. The molecule has 0 saturated carbocycles. The van der Waals surface area contributed by atoms with Crippen molar-refractivity contribution in [3.8, 4) is 0 Å². The van der Waals surface area contributed by atoms with Crippen molar-refractivity contribution in [2.75, 3.05) is 15.9 Å². The smallest absolute Gasteiger partial charge is 0.247 e. The molecule has 1 N–H and O–H groups in total. The van der Waals surface area contributed by atoms with E-state index in [2.05, 4.69) is 5.32 Å². The molecule has 0 fully saturated rings. The number of nitrogens with one attached hydrogen (secondary N) is 1. The van der Waals surface area contributed by atoms with Gasteiger partial charge in [-0.1, -0.05) is 18.2 Å². The molecule has 1 amide bonds. The first-order chi connectivity index (χ1) is 10.8. The van der Waals surface area contributed by atoms with Gasteiger partial charge in [-0.2, -0.15) is 0 Å². The van der Waals surface area contributed by atoms with E-state index in [4.69, 9.17) is 0 Å². The molecule has 0 aliphatic rings. The molecular weight excluding hydrogens is 319 g/mol. The van der Waals surface area contributed by atoms with Crippen molar-refractivity contribution in [1.29, 1.82) is 0 Å². The Hall–Kier alpha value is -2.41. The van der Waals surface area contributed by atoms with Crippen molar-refractivity contribution in [3.63, 3.8) is 0 Å². The lowest BCUT2D eigenvalue weighted by molar-refractivity contribution is -0.116. The summed E-state index contributed by atoms with van der Waals surface area (Å²) >= 11 is 0. The van der Waals surface area contributed by atoms with Crippen LogP contribution in [0.4, 0.5) is 15.8 Å². The lowest BCUT2D eigenvalue weighted by Crippen LogP contribution is -2.45. The van der Waals surface area contributed by atoms with E-state index in [1.54, 1.807) is 30.3 Å². The van der Waals surface area contributed by atoms with Gasteiger partial charge < -0.3 is 5.32 Å². The summed E-state index contributed by atoms with van der Waals surface area (Å²) in [4.78, 5) is 12.3. The van der Waals surface area contributed by atoms with Crippen LogP contribution in [0.5, 0.6) is 0 Å². The molecule has 23 heavy (non-hydrogen) atoms. The van der Waals surface area contributed by atoms with E-state index < -0.39 is 27.8 Å².